The summed E-state index contributed by atoms with van der Waals surface area (Å²) in [5.74, 6) is -0.384. The van der Waals surface area contributed by atoms with Crippen LogP contribution in [0.2, 0.25) is 0 Å². The molecule has 2 rings (SSSR count). The zero-order valence-electron chi connectivity index (χ0n) is 16.0. The van der Waals surface area contributed by atoms with E-state index in [1.165, 1.54) is 11.8 Å². The van der Waals surface area contributed by atoms with Crippen molar-refractivity contribution in [3.63, 3.8) is 0 Å². The van der Waals surface area contributed by atoms with E-state index in [1.807, 2.05) is 55.5 Å². The highest BCUT2D eigenvalue weighted by Crippen LogP contribution is 2.20. The lowest BCUT2D eigenvalue weighted by Crippen LogP contribution is -2.37. The highest BCUT2D eigenvalue weighted by molar-refractivity contribution is 6.02. The van der Waals surface area contributed by atoms with E-state index in [1.54, 1.807) is 0 Å². The summed E-state index contributed by atoms with van der Waals surface area (Å²) in [6, 6.07) is 15.3. The molecule has 5 nitrogen and oxygen atoms in total. The highest BCUT2D eigenvalue weighted by atomic mass is 16.2. The number of nitrogens with one attached hydrogen (secondary N) is 1. The first kappa shape index (κ1) is 19.5. The molecule has 2 aromatic carbocycles. The Bertz CT molecular complexity index is 752. The van der Waals surface area contributed by atoms with Crippen LogP contribution in [0.1, 0.15) is 26.3 Å². The summed E-state index contributed by atoms with van der Waals surface area (Å²) in [7, 11) is 0. The van der Waals surface area contributed by atoms with Gasteiger partial charge in [0.1, 0.15) is 6.54 Å². The van der Waals surface area contributed by atoms with E-state index in [0.717, 1.165) is 35.7 Å². The minimum Gasteiger partial charge on any atom is -0.372 e. The molecule has 0 saturated carbocycles. The minimum absolute atomic E-state index is 0.0159. The van der Waals surface area contributed by atoms with Crippen molar-refractivity contribution < 1.29 is 9.59 Å². The second kappa shape index (κ2) is 9.04. The maximum atomic E-state index is 12.4. The van der Waals surface area contributed by atoms with Crippen LogP contribution in [0.4, 0.5) is 17.1 Å². The largest absolute Gasteiger partial charge is 0.372 e. The van der Waals surface area contributed by atoms with Gasteiger partial charge in [-0.1, -0.05) is 18.2 Å². The van der Waals surface area contributed by atoms with Gasteiger partial charge in [-0.25, -0.2) is 0 Å². The molecule has 0 unspecified atom stereocenters. The summed E-state index contributed by atoms with van der Waals surface area (Å²) < 4.78 is 0. The quantitative estimate of drug-likeness (QED) is 0.823. The van der Waals surface area contributed by atoms with Crippen LogP contribution in [0.15, 0.2) is 48.5 Å². The second-order valence-corrected chi connectivity index (χ2v) is 6.16. The molecule has 0 aromatic heterocycles. The van der Waals surface area contributed by atoms with Gasteiger partial charge in [-0.15, -0.1) is 0 Å². The molecule has 0 aliphatic rings. The smallest absolute Gasteiger partial charge is 0.244 e. The van der Waals surface area contributed by atoms with Crippen LogP contribution < -0.4 is 15.1 Å². The summed E-state index contributed by atoms with van der Waals surface area (Å²) in [6.07, 6.45) is 0. The molecule has 26 heavy (non-hydrogen) atoms. The Balaban J connectivity index is 2.07. The number of benzene rings is 2. The van der Waals surface area contributed by atoms with Crippen molar-refractivity contribution in [1.82, 2.24) is 0 Å². The van der Waals surface area contributed by atoms with Crippen LogP contribution in [0.5, 0.6) is 0 Å². The SMILES string of the molecule is CCN(CC)c1ccc(NC(=O)CN(C(C)=O)c2ccccc2C)cc1. The van der Waals surface area contributed by atoms with Gasteiger partial charge in [-0.3, -0.25) is 9.59 Å². The average Bonchev–Trinajstić information content (AvgIpc) is 2.62. The molecule has 0 bridgehead atoms. The number of carbonyl (C=O) groups is 2. The molecule has 0 atom stereocenters. The number of aryl methyl sites for hydroxylation is 1. The molecule has 0 spiro atoms. The topological polar surface area (TPSA) is 52.7 Å². The molecule has 2 aromatic rings. The van der Waals surface area contributed by atoms with Crippen LogP contribution in [-0.4, -0.2) is 31.4 Å². The van der Waals surface area contributed by atoms with Gasteiger partial charge in [0.25, 0.3) is 0 Å². The molecule has 0 radical (unpaired) electrons. The molecule has 1 N–H and O–H groups in total. The van der Waals surface area contributed by atoms with E-state index >= 15 is 0 Å². The Labute approximate surface area is 155 Å². The number of nitrogens with zero attached hydrogens (tertiary/aromatic N) is 2. The fraction of sp³-hybridized carbons (Fsp3) is 0.333. The Kier molecular flexibility index (Phi) is 6.78. The molecule has 0 aliphatic heterocycles. The van der Waals surface area contributed by atoms with Crippen LogP contribution in [0, 0.1) is 6.92 Å². The number of para-hydroxylation sites is 1. The number of carbonyl (C=O) groups excluding carboxylic acids is 2. The second-order valence-electron chi connectivity index (χ2n) is 6.16. The third kappa shape index (κ3) is 4.85. The molecule has 138 valence electrons. The number of anilines is 3. The van der Waals surface area contributed by atoms with Gasteiger partial charge in [0.05, 0.1) is 0 Å². The maximum absolute atomic E-state index is 12.4. The van der Waals surface area contributed by atoms with Gasteiger partial charge in [-0.05, 0) is 56.7 Å². The average molecular weight is 353 g/mol. The van der Waals surface area contributed by atoms with Crippen molar-refractivity contribution in [1.29, 1.82) is 0 Å². The van der Waals surface area contributed by atoms with Crippen molar-refractivity contribution >= 4 is 28.9 Å². The molecule has 2 amide bonds. The summed E-state index contributed by atoms with van der Waals surface area (Å²) in [5, 5.41) is 2.87. The lowest BCUT2D eigenvalue weighted by molar-refractivity contribution is -0.120. The molecular formula is C21H27N3O2. The van der Waals surface area contributed by atoms with Gasteiger partial charge < -0.3 is 15.1 Å². The third-order valence-electron chi connectivity index (χ3n) is 4.37. The Hall–Kier alpha value is -2.82. The van der Waals surface area contributed by atoms with Crippen LogP contribution >= 0.6 is 0 Å². The van der Waals surface area contributed by atoms with Gasteiger partial charge in [-0.2, -0.15) is 0 Å². The van der Waals surface area contributed by atoms with Crippen molar-refractivity contribution in [3.8, 4) is 0 Å². The highest BCUT2D eigenvalue weighted by Gasteiger charge is 2.17. The molecule has 0 heterocycles. The van der Waals surface area contributed by atoms with E-state index in [9.17, 15) is 9.59 Å². The van der Waals surface area contributed by atoms with Crippen molar-refractivity contribution in [3.05, 3.63) is 54.1 Å². The zero-order valence-corrected chi connectivity index (χ0v) is 16.0. The number of hydrogen-bond acceptors (Lipinski definition) is 3. The fourth-order valence-corrected chi connectivity index (χ4v) is 2.92. The molecular weight excluding hydrogens is 326 g/mol. The molecule has 0 aliphatic carbocycles. The van der Waals surface area contributed by atoms with E-state index in [0.29, 0.717) is 0 Å². The Morgan fingerprint density at radius 1 is 0.962 bits per heavy atom. The number of rotatable bonds is 7. The van der Waals surface area contributed by atoms with Crippen LogP contribution in [0.3, 0.4) is 0 Å². The predicted octanol–water partition coefficient (Wildman–Crippen LogP) is 3.83. The van der Waals surface area contributed by atoms with E-state index < -0.39 is 0 Å². The predicted molar refractivity (Wildman–Crippen MR) is 108 cm³/mol. The lowest BCUT2D eigenvalue weighted by atomic mass is 10.2. The molecule has 0 fully saturated rings. The van der Waals surface area contributed by atoms with Gasteiger partial charge >= 0.3 is 0 Å². The normalized spacial score (nSPS) is 10.3. The molecule has 5 heteroatoms. The number of amides is 2. The summed E-state index contributed by atoms with van der Waals surface area (Å²) >= 11 is 0. The Morgan fingerprint density at radius 3 is 2.12 bits per heavy atom. The fourth-order valence-electron chi connectivity index (χ4n) is 2.92. The monoisotopic (exact) mass is 353 g/mol. The molecule has 0 saturated heterocycles. The van der Waals surface area contributed by atoms with Crippen molar-refractivity contribution in [2.24, 2.45) is 0 Å². The maximum Gasteiger partial charge on any atom is 0.244 e. The first-order valence-corrected chi connectivity index (χ1v) is 8.94. The first-order valence-electron chi connectivity index (χ1n) is 8.94. The lowest BCUT2D eigenvalue weighted by Gasteiger charge is -2.23. The van der Waals surface area contributed by atoms with Gasteiger partial charge in [0.2, 0.25) is 11.8 Å². The van der Waals surface area contributed by atoms with E-state index in [-0.39, 0.29) is 18.4 Å². The summed E-state index contributed by atoms with van der Waals surface area (Å²) in [4.78, 5) is 28.2. The summed E-state index contributed by atoms with van der Waals surface area (Å²) in [5.41, 5.74) is 3.56. The third-order valence-corrected chi connectivity index (χ3v) is 4.37. The van der Waals surface area contributed by atoms with Gasteiger partial charge in [0, 0.05) is 37.1 Å². The standard InChI is InChI=1S/C21H27N3O2/c1-5-23(6-2)19-13-11-18(12-14-19)22-21(26)15-24(17(4)25)20-10-8-7-9-16(20)3/h7-14H,5-6,15H2,1-4H3,(H,22,26). The van der Waals surface area contributed by atoms with E-state index in [2.05, 4.69) is 24.1 Å². The van der Waals surface area contributed by atoms with Crippen LogP contribution in [0.25, 0.3) is 0 Å². The van der Waals surface area contributed by atoms with Crippen molar-refractivity contribution in [2.75, 3.05) is 34.8 Å². The van der Waals surface area contributed by atoms with Gasteiger partial charge in [0.15, 0.2) is 0 Å². The van der Waals surface area contributed by atoms with E-state index in [4.69, 9.17) is 0 Å². The van der Waals surface area contributed by atoms with Crippen LogP contribution in [-0.2, 0) is 9.59 Å². The van der Waals surface area contributed by atoms with Crippen molar-refractivity contribution in [2.45, 2.75) is 27.7 Å². The zero-order chi connectivity index (χ0) is 19.1. The first-order chi connectivity index (χ1) is 12.5. The summed E-state index contributed by atoms with van der Waals surface area (Å²) in [6.45, 7) is 9.48. The minimum atomic E-state index is -0.223. The Morgan fingerprint density at radius 2 is 1.58 bits per heavy atom. The number of hydrogen-bond donors (Lipinski definition) is 1.